The number of imidazole rings is 1. The number of aromatic nitrogens is 2. The lowest BCUT2D eigenvalue weighted by Gasteiger charge is -2.16. The van der Waals surface area contributed by atoms with Gasteiger partial charge in [0.1, 0.15) is 0 Å². The summed E-state index contributed by atoms with van der Waals surface area (Å²) >= 11 is 1.62. The normalized spacial score (nSPS) is 15.0. The van der Waals surface area contributed by atoms with Gasteiger partial charge in [-0.25, -0.2) is 4.98 Å². The van der Waals surface area contributed by atoms with Crippen molar-refractivity contribution < 1.29 is 0 Å². The van der Waals surface area contributed by atoms with E-state index in [4.69, 9.17) is 5.26 Å². The lowest BCUT2D eigenvalue weighted by Crippen LogP contribution is -2.15. The highest BCUT2D eigenvalue weighted by atomic mass is 32.1. The molecule has 0 aliphatic heterocycles. The fourth-order valence-electron chi connectivity index (χ4n) is 1.50. The van der Waals surface area contributed by atoms with Crippen LogP contribution in [0.25, 0.3) is 4.96 Å². The van der Waals surface area contributed by atoms with Crippen LogP contribution in [0.5, 0.6) is 0 Å². The fraction of sp³-hybridized carbons (Fsp3) is 0.455. The summed E-state index contributed by atoms with van der Waals surface area (Å²) in [5.74, 6) is 0. The minimum atomic E-state index is -0.288. The maximum atomic E-state index is 9.09. The number of hydrogen-bond acceptors (Lipinski definition) is 3. The first-order chi connectivity index (χ1) is 7.17. The van der Waals surface area contributed by atoms with Gasteiger partial charge >= 0.3 is 0 Å². The van der Waals surface area contributed by atoms with Gasteiger partial charge in [0, 0.05) is 24.2 Å². The van der Waals surface area contributed by atoms with Gasteiger partial charge in [-0.05, 0) is 13.3 Å². The average molecular weight is 219 g/mol. The molecule has 78 valence electrons. The second-order valence-corrected chi connectivity index (χ2v) is 4.90. The molecule has 2 aromatic rings. The number of fused-ring (bicyclic) bond motifs is 1. The van der Waals surface area contributed by atoms with Gasteiger partial charge in [-0.15, -0.1) is 11.3 Å². The van der Waals surface area contributed by atoms with Crippen LogP contribution in [-0.4, -0.2) is 9.38 Å². The summed E-state index contributed by atoms with van der Waals surface area (Å²) in [6.45, 7) is 4.03. The average Bonchev–Trinajstić information content (AvgIpc) is 2.77. The molecule has 2 heterocycles. The van der Waals surface area contributed by atoms with Crippen LogP contribution in [0.2, 0.25) is 0 Å². The molecule has 1 unspecified atom stereocenters. The van der Waals surface area contributed by atoms with E-state index in [1.165, 1.54) is 0 Å². The first kappa shape index (κ1) is 10.2. The van der Waals surface area contributed by atoms with Crippen molar-refractivity contribution in [2.24, 2.45) is 5.41 Å². The van der Waals surface area contributed by atoms with Gasteiger partial charge in [0.05, 0.1) is 17.2 Å². The number of nitriles is 1. The second kappa shape index (κ2) is 3.67. The summed E-state index contributed by atoms with van der Waals surface area (Å²) in [6.07, 6.45) is 5.59. The first-order valence-corrected chi connectivity index (χ1v) is 5.87. The lowest BCUT2D eigenvalue weighted by molar-refractivity contribution is 0.419. The summed E-state index contributed by atoms with van der Waals surface area (Å²) in [5.41, 5.74) is 0.720. The minimum Gasteiger partial charge on any atom is -0.297 e. The molecule has 1 atom stereocenters. The van der Waals surface area contributed by atoms with Gasteiger partial charge < -0.3 is 0 Å². The molecule has 0 radical (unpaired) electrons. The van der Waals surface area contributed by atoms with Crippen molar-refractivity contribution >= 4 is 16.3 Å². The van der Waals surface area contributed by atoms with Crippen LogP contribution in [0, 0.1) is 16.7 Å². The van der Waals surface area contributed by atoms with Crippen LogP contribution < -0.4 is 0 Å². The Morgan fingerprint density at radius 3 is 3.07 bits per heavy atom. The molecule has 0 aliphatic carbocycles. The number of hydrogen-bond donors (Lipinski definition) is 0. The zero-order valence-corrected chi connectivity index (χ0v) is 9.71. The third-order valence-electron chi connectivity index (χ3n) is 2.76. The standard InChI is InChI=1S/C11H13N3S/c1-3-11(2,8-12)6-9-7-14-4-5-15-10(14)13-9/h4-5,7H,3,6H2,1-2H3. The van der Waals surface area contributed by atoms with E-state index in [1.54, 1.807) is 11.3 Å². The summed E-state index contributed by atoms with van der Waals surface area (Å²) in [6, 6.07) is 2.37. The van der Waals surface area contributed by atoms with Crippen LogP contribution in [0.3, 0.4) is 0 Å². The minimum absolute atomic E-state index is 0.288. The Morgan fingerprint density at radius 1 is 1.67 bits per heavy atom. The number of nitrogens with zero attached hydrogens (tertiary/aromatic N) is 3. The zero-order valence-electron chi connectivity index (χ0n) is 8.90. The van der Waals surface area contributed by atoms with Crippen LogP contribution in [0.1, 0.15) is 26.0 Å². The van der Waals surface area contributed by atoms with Gasteiger partial charge in [0.2, 0.25) is 0 Å². The Hall–Kier alpha value is -1.34. The highest BCUT2D eigenvalue weighted by molar-refractivity contribution is 7.15. The molecule has 0 bridgehead atoms. The van der Waals surface area contributed by atoms with Gasteiger partial charge in [-0.3, -0.25) is 4.40 Å². The van der Waals surface area contributed by atoms with Crippen molar-refractivity contribution in [1.29, 1.82) is 5.26 Å². The van der Waals surface area contributed by atoms with Crippen molar-refractivity contribution in [3.8, 4) is 6.07 Å². The van der Waals surface area contributed by atoms with Crippen LogP contribution in [0.15, 0.2) is 17.8 Å². The van der Waals surface area contributed by atoms with E-state index in [-0.39, 0.29) is 5.41 Å². The van der Waals surface area contributed by atoms with Crippen molar-refractivity contribution in [3.63, 3.8) is 0 Å². The zero-order chi connectivity index (χ0) is 10.9. The molecule has 2 rings (SSSR count). The highest BCUT2D eigenvalue weighted by Gasteiger charge is 2.23. The van der Waals surface area contributed by atoms with Gasteiger partial charge in [0.15, 0.2) is 4.96 Å². The predicted molar refractivity (Wildman–Crippen MR) is 60.8 cm³/mol. The summed E-state index contributed by atoms with van der Waals surface area (Å²) in [5, 5.41) is 11.1. The molecule has 0 saturated heterocycles. The fourth-order valence-corrected chi connectivity index (χ4v) is 2.22. The van der Waals surface area contributed by atoms with Crippen molar-refractivity contribution in [2.45, 2.75) is 26.7 Å². The van der Waals surface area contributed by atoms with E-state index in [2.05, 4.69) is 11.1 Å². The van der Waals surface area contributed by atoms with E-state index in [0.29, 0.717) is 0 Å². The molecule has 2 aromatic heterocycles. The van der Waals surface area contributed by atoms with Crippen molar-refractivity contribution in [3.05, 3.63) is 23.5 Å². The molecule has 0 aromatic carbocycles. The Labute approximate surface area is 93.0 Å². The van der Waals surface area contributed by atoms with E-state index in [1.807, 2.05) is 36.0 Å². The van der Waals surface area contributed by atoms with E-state index in [9.17, 15) is 0 Å². The summed E-state index contributed by atoms with van der Waals surface area (Å²) < 4.78 is 2.01. The van der Waals surface area contributed by atoms with Gasteiger partial charge in [-0.2, -0.15) is 5.26 Å². The molecule has 4 heteroatoms. The van der Waals surface area contributed by atoms with Crippen molar-refractivity contribution in [2.75, 3.05) is 0 Å². The molecule has 0 spiro atoms. The summed E-state index contributed by atoms with van der Waals surface area (Å²) in [4.78, 5) is 5.49. The largest absolute Gasteiger partial charge is 0.297 e. The Bertz CT molecular complexity index is 477. The topological polar surface area (TPSA) is 41.1 Å². The monoisotopic (exact) mass is 219 g/mol. The highest BCUT2D eigenvalue weighted by Crippen LogP contribution is 2.25. The molecule has 0 aliphatic rings. The first-order valence-electron chi connectivity index (χ1n) is 4.99. The van der Waals surface area contributed by atoms with Gasteiger partial charge in [-0.1, -0.05) is 6.92 Å². The molecular weight excluding hydrogens is 206 g/mol. The Balaban J connectivity index is 2.26. The SMILES string of the molecule is CCC(C)(C#N)Cc1cn2ccsc2n1. The third kappa shape index (κ3) is 1.88. The summed E-state index contributed by atoms with van der Waals surface area (Å²) in [7, 11) is 0. The molecular formula is C11H13N3S. The smallest absolute Gasteiger partial charge is 0.193 e. The maximum Gasteiger partial charge on any atom is 0.193 e. The van der Waals surface area contributed by atoms with E-state index >= 15 is 0 Å². The van der Waals surface area contributed by atoms with Crippen molar-refractivity contribution in [1.82, 2.24) is 9.38 Å². The maximum absolute atomic E-state index is 9.09. The van der Waals surface area contributed by atoms with Crippen LogP contribution >= 0.6 is 11.3 Å². The molecule has 3 nitrogen and oxygen atoms in total. The molecule has 0 N–H and O–H groups in total. The molecule has 0 fully saturated rings. The van der Waals surface area contributed by atoms with Crippen LogP contribution in [-0.2, 0) is 6.42 Å². The van der Waals surface area contributed by atoms with E-state index < -0.39 is 0 Å². The molecule has 0 amide bonds. The Kier molecular flexibility index (Phi) is 2.49. The quantitative estimate of drug-likeness (QED) is 0.796. The Morgan fingerprint density at radius 2 is 2.47 bits per heavy atom. The predicted octanol–water partition coefficient (Wildman–Crippen LogP) is 2.88. The molecule has 15 heavy (non-hydrogen) atoms. The third-order valence-corrected chi connectivity index (χ3v) is 3.54. The second-order valence-electron chi connectivity index (χ2n) is 4.03. The lowest BCUT2D eigenvalue weighted by atomic mass is 9.85. The van der Waals surface area contributed by atoms with Crippen LogP contribution in [0.4, 0.5) is 0 Å². The van der Waals surface area contributed by atoms with E-state index in [0.717, 1.165) is 23.5 Å². The number of rotatable bonds is 3. The molecule has 0 saturated carbocycles. The number of thiazole rings is 1. The van der Waals surface area contributed by atoms with Gasteiger partial charge in [0.25, 0.3) is 0 Å².